The summed E-state index contributed by atoms with van der Waals surface area (Å²) in [5.41, 5.74) is 5.73. The Bertz CT molecular complexity index is 947. The van der Waals surface area contributed by atoms with E-state index < -0.39 is 17.2 Å². The normalized spacial score (nSPS) is 15.8. The van der Waals surface area contributed by atoms with Gasteiger partial charge in [-0.2, -0.15) is 0 Å². The number of carbonyl (C=O) groups is 1. The lowest BCUT2D eigenvalue weighted by Crippen LogP contribution is -2.36. The van der Waals surface area contributed by atoms with Crippen LogP contribution in [0.2, 0.25) is 0 Å². The third-order valence-electron chi connectivity index (χ3n) is 4.71. The van der Waals surface area contributed by atoms with Crippen LogP contribution in [0.25, 0.3) is 0 Å². The number of hydrogen-bond donors (Lipinski definition) is 4. The van der Waals surface area contributed by atoms with Crippen molar-refractivity contribution in [3.63, 3.8) is 0 Å². The fraction of sp³-hybridized carbons (Fsp3) is 0.421. The number of nitrogens with two attached hydrogens (primary N) is 1. The maximum Gasteiger partial charge on any atom is 0.326 e. The second kappa shape index (κ2) is 8.11. The monoisotopic (exact) mass is 372 g/mol. The first-order chi connectivity index (χ1) is 13.0. The van der Waals surface area contributed by atoms with Gasteiger partial charge in [-0.05, 0) is 48.9 Å². The van der Waals surface area contributed by atoms with E-state index in [1.165, 1.54) is 0 Å². The Balaban J connectivity index is 1.79. The molecule has 8 heteroatoms. The van der Waals surface area contributed by atoms with E-state index >= 15 is 0 Å². The zero-order chi connectivity index (χ0) is 19.4. The van der Waals surface area contributed by atoms with Gasteiger partial charge in [-0.15, -0.1) is 0 Å². The molecule has 1 amide bonds. The minimum Gasteiger partial charge on any atom is -0.494 e. The lowest BCUT2D eigenvalue weighted by molar-refractivity contribution is 0.0928. The van der Waals surface area contributed by atoms with Crippen LogP contribution in [0, 0.1) is 0 Å². The van der Waals surface area contributed by atoms with Crippen molar-refractivity contribution >= 4 is 11.6 Å². The van der Waals surface area contributed by atoms with Gasteiger partial charge in [0.1, 0.15) is 17.1 Å². The molecule has 2 aromatic rings. The van der Waals surface area contributed by atoms with Crippen LogP contribution in [-0.4, -0.2) is 22.5 Å². The van der Waals surface area contributed by atoms with Gasteiger partial charge in [0.2, 0.25) is 0 Å². The predicted molar refractivity (Wildman–Crippen MR) is 102 cm³/mol. The van der Waals surface area contributed by atoms with Crippen LogP contribution in [0.5, 0.6) is 5.75 Å². The molecule has 0 fully saturated rings. The molecule has 1 aromatic heterocycles. The summed E-state index contributed by atoms with van der Waals surface area (Å²) in [6, 6.07) is 5.67. The van der Waals surface area contributed by atoms with Crippen molar-refractivity contribution in [2.75, 3.05) is 12.3 Å². The molecular formula is C19H24N4O4. The molecule has 0 bridgehead atoms. The standard InChI is InChI=1S/C19H24N4O4/c1-2-3-9-27-12-7-8-13-11(10-12)5-4-6-14(13)21-18(25)16-15(20)17(24)23-19(26)22-16/h7-8,10,14H,2-6,9,20H2,1H3,(H,21,25)(H2,22,23,24,26)/t14-/m1/s1. The van der Waals surface area contributed by atoms with Crippen LogP contribution in [0.4, 0.5) is 5.69 Å². The minimum absolute atomic E-state index is 0.213. The number of unbranched alkanes of at least 4 members (excludes halogenated alkanes) is 1. The number of amides is 1. The predicted octanol–water partition coefficient (Wildman–Crippen LogP) is 1.63. The van der Waals surface area contributed by atoms with E-state index in [1.807, 2.05) is 23.2 Å². The van der Waals surface area contributed by atoms with Crippen LogP contribution in [-0.2, 0) is 6.42 Å². The fourth-order valence-corrected chi connectivity index (χ4v) is 3.27. The van der Waals surface area contributed by atoms with E-state index in [2.05, 4.69) is 17.2 Å². The highest BCUT2D eigenvalue weighted by atomic mass is 16.5. The summed E-state index contributed by atoms with van der Waals surface area (Å²) in [6.07, 6.45) is 4.68. The molecule has 1 heterocycles. The van der Waals surface area contributed by atoms with Crippen LogP contribution < -0.4 is 27.0 Å². The highest BCUT2D eigenvalue weighted by Gasteiger charge is 2.24. The van der Waals surface area contributed by atoms with E-state index in [9.17, 15) is 14.4 Å². The number of carbonyl (C=O) groups excluding carboxylic acids is 1. The van der Waals surface area contributed by atoms with Crippen molar-refractivity contribution < 1.29 is 9.53 Å². The number of aromatic amines is 2. The molecule has 0 aliphatic heterocycles. The Morgan fingerprint density at radius 1 is 1.33 bits per heavy atom. The number of fused-ring (bicyclic) bond motifs is 1. The second-order valence-corrected chi connectivity index (χ2v) is 6.68. The number of benzene rings is 1. The third-order valence-corrected chi connectivity index (χ3v) is 4.71. The van der Waals surface area contributed by atoms with Crippen LogP contribution in [0.15, 0.2) is 27.8 Å². The highest BCUT2D eigenvalue weighted by Crippen LogP contribution is 2.32. The van der Waals surface area contributed by atoms with Gasteiger partial charge in [0, 0.05) is 0 Å². The van der Waals surface area contributed by atoms with Gasteiger partial charge in [0.25, 0.3) is 11.5 Å². The van der Waals surface area contributed by atoms with Crippen molar-refractivity contribution in [3.05, 3.63) is 55.9 Å². The molecule has 1 atom stereocenters. The zero-order valence-corrected chi connectivity index (χ0v) is 15.3. The summed E-state index contributed by atoms with van der Waals surface area (Å²) in [5, 5.41) is 2.88. The van der Waals surface area contributed by atoms with Gasteiger partial charge in [-0.3, -0.25) is 14.6 Å². The number of H-pyrrole nitrogens is 2. The average Bonchev–Trinajstić information content (AvgIpc) is 2.65. The number of rotatable bonds is 6. The summed E-state index contributed by atoms with van der Waals surface area (Å²) in [4.78, 5) is 39.9. The van der Waals surface area contributed by atoms with Gasteiger partial charge >= 0.3 is 5.69 Å². The summed E-state index contributed by atoms with van der Waals surface area (Å²) in [6.45, 7) is 2.80. The van der Waals surface area contributed by atoms with Crippen LogP contribution in [0.3, 0.4) is 0 Å². The first-order valence-corrected chi connectivity index (χ1v) is 9.18. The number of nitrogen functional groups attached to an aromatic ring is 1. The quantitative estimate of drug-likeness (QED) is 0.573. The molecule has 3 rings (SSSR count). The van der Waals surface area contributed by atoms with E-state index in [-0.39, 0.29) is 17.4 Å². The first kappa shape index (κ1) is 18.8. The third kappa shape index (κ3) is 4.21. The second-order valence-electron chi connectivity index (χ2n) is 6.68. The Morgan fingerprint density at radius 3 is 2.93 bits per heavy atom. The molecule has 27 heavy (non-hydrogen) atoms. The van der Waals surface area contributed by atoms with Crippen molar-refractivity contribution in [3.8, 4) is 5.75 Å². The maximum atomic E-state index is 12.6. The van der Waals surface area contributed by atoms with Gasteiger partial charge in [0.15, 0.2) is 0 Å². The smallest absolute Gasteiger partial charge is 0.326 e. The molecule has 5 N–H and O–H groups in total. The Morgan fingerprint density at radius 2 is 2.15 bits per heavy atom. The molecule has 144 valence electrons. The van der Waals surface area contributed by atoms with E-state index in [0.717, 1.165) is 49.0 Å². The van der Waals surface area contributed by atoms with Crippen molar-refractivity contribution in [1.82, 2.24) is 15.3 Å². The number of nitrogens with one attached hydrogen (secondary N) is 3. The van der Waals surface area contributed by atoms with Crippen LogP contribution in [0.1, 0.15) is 60.3 Å². The van der Waals surface area contributed by atoms with Crippen molar-refractivity contribution in [1.29, 1.82) is 0 Å². The first-order valence-electron chi connectivity index (χ1n) is 9.18. The largest absolute Gasteiger partial charge is 0.494 e. The zero-order valence-electron chi connectivity index (χ0n) is 15.3. The number of hydrogen-bond acceptors (Lipinski definition) is 5. The van der Waals surface area contributed by atoms with Crippen LogP contribution >= 0.6 is 0 Å². The van der Waals surface area contributed by atoms with E-state index in [1.54, 1.807) is 0 Å². The van der Waals surface area contributed by atoms with E-state index in [0.29, 0.717) is 6.61 Å². The molecular weight excluding hydrogens is 348 g/mol. The fourth-order valence-electron chi connectivity index (χ4n) is 3.27. The lowest BCUT2D eigenvalue weighted by atomic mass is 9.87. The maximum absolute atomic E-state index is 12.6. The molecule has 8 nitrogen and oxygen atoms in total. The van der Waals surface area contributed by atoms with Gasteiger partial charge in [-0.25, -0.2) is 4.79 Å². The molecule has 1 aliphatic rings. The molecule has 1 aromatic carbocycles. The molecule has 0 radical (unpaired) electrons. The van der Waals surface area contributed by atoms with Crippen molar-refractivity contribution in [2.45, 2.75) is 45.1 Å². The number of aryl methyl sites for hydroxylation is 1. The summed E-state index contributed by atoms with van der Waals surface area (Å²) >= 11 is 0. The van der Waals surface area contributed by atoms with Gasteiger partial charge < -0.3 is 20.8 Å². The average molecular weight is 372 g/mol. The highest BCUT2D eigenvalue weighted by molar-refractivity contribution is 5.97. The molecule has 0 saturated heterocycles. The Kier molecular flexibility index (Phi) is 5.63. The Hall–Kier alpha value is -3.03. The van der Waals surface area contributed by atoms with Crippen molar-refractivity contribution in [2.24, 2.45) is 0 Å². The molecule has 1 aliphatic carbocycles. The summed E-state index contributed by atoms with van der Waals surface area (Å²) in [7, 11) is 0. The molecule has 0 saturated carbocycles. The SMILES string of the molecule is CCCCOc1ccc2c(c1)CCC[C@H]2NC(=O)c1[nH]c(=O)[nH]c(=O)c1N. The summed E-state index contributed by atoms with van der Waals surface area (Å²) in [5.74, 6) is 0.258. The number of anilines is 1. The molecule has 0 spiro atoms. The number of aromatic nitrogens is 2. The summed E-state index contributed by atoms with van der Waals surface area (Å²) < 4.78 is 5.76. The number of ether oxygens (including phenoxy) is 1. The lowest BCUT2D eigenvalue weighted by Gasteiger charge is -2.27. The van der Waals surface area contributed by atoms with Gasteiger partial charge in [0.05, 0.1) is 12.6 Å². The Labute approximate surface area is 156 Å². The molecule has 0 unspecified atom stereocenters. The van der Waals surface area contributed by atoms with Gasteiger partial charge in [-0.1, -0.05) is 19.4 Å². The van der Waals surface area contributed by atoms with E-state index in [4.69, 9.17) is 10.5 Å². The minimum atomic E-state index is -0.776. The topological polar surface area (TPSA) is 130 Å².